The van der Waals surface area contributed by atoms with Gasteiger partial charge in [0.1, 0.15) is 5.76 Å². The number of allylic oxidation sites excluding steroid dienone is 3. The van der Waals surface area contributed by atoms with E-state index in [2.05, 4.69) is 53.0 Å². The molecule has 0 amide bonds. The first-order valence-electron chi connectivity index (χ1n) is 9.18. The van der Waals surface area contributed by atoms with Crippen LogP contribution in [0.25, 0.3) is 10.9 Å². The van der Waals surface area contributed by atoms with Crippen molar-refractivity contribution >= 4 is 32.8 Å². The highest BCUT2D eigenvalue weighted by molar-refractivity contribution is 9.11. The van der Waals surface area contributed by atoms with Crippen molar-refractivity contribution in [1.29, 1.82) is 5.26 Å². The van der Waals surface area contributed by atoms with Gasteiger partial charge in [0.05, 0.1) is 35.4 Å². The molecule has 3 rings (SSSR count). The number of fused-ring (bicyclic) bond motifs is 1. The molecule has 0 spiro atoms. The van der Waals surface area contributed by atoms with Crippen molar-refractivity contribution in [2.24, 2.45) is 5.92 Å². The lowest BCUT2D eigenvalue weighted by Gasteiger charge is -2.34. The predicted molar refractivity (Wildman–Crippen MR) is 112 cm³/mol. The third kappa shape index (κ3) is 3.47. The van der Waals surface area contributed by atoms with Crippen molar-refractivity contribution in [2.75, 3.05) is 13.7 Å². The highest BCUT2D eigenvalue weighted by atomic mass is 79.9. The molecular formula is C22H23BrN2O3. The van der Waals surface area contributed by atoms with Crippen LogP contribution in [-0.4, -0.2) is 24.7 Å². The summed E-state index contributed by atoms with van der Waals surface area (Å²) in [6.45, 7) is 6.32. The Bertz CT molecular complexity index is 1020. The van der Waals surface area contributed by atoms with E-state index in [4.69, 9.17) is 9.47 Å². The molecule has 0 fully saturated rings. The van der Waals surface area contributed by atoms with E-state index in [0.29, 0.717) is 17.7 Å². The molecule has 6 heteroatoms. The monoisotopic (exact) mass is 442 g/mol. The van der Waals surface area contributed by atoms with E-state index in [9.17, 15) is 10.1 Å². The molecule has 1 atom stereocenters. The fourth-order valence-electron chi connectivity index (χ4n) is 3.69. The molecule has 1 aliphatic carbocycles. The summed E-state index contributed by atoms with van der Waals surface area (Å²) in [5.74, 6) is 0.596. The number of benzene rings is 1. The van der Waals surface area contributed by atoms with Crippen LogP contribution in [0.2, 0.25) is 0 Å². The van der Waals surface area contributed by atoms with E-state index in [-0.39, 0.29) is 17.3 Å². The molecule has 0 bridgehead atoms. The molecule has 1 unspecified atom stereocenters. The fourth-order valence-corrected chi connectivity index (χ4v) is 4.34. The number of methoxy groups -OCH3 is 1. The highest BCUT2D eigenvalue weighted by Crippen LogP contribution is 2.43. The molecule has 146 valence electrons. The number of H-pyrrole nitrogens is 1. The number of nitriles is 1. The lowest BCUT2D eigenvalue weighted by atomic mass is 9.72. The Balaban J connectivity index is 2.15. The standard InChI is InChI=1S/C22H23BrN2O3/c1-5-28-21(26)19-15-8-6-13(12-24)10-17(15)25-20(19)22(2,3)14-7-9-18(27-4)16(23)11-14/h6,8-11,14,25H,5,7H2,1-4H3. The van der Waals surface area contributed by atoms with E-state index in [1.54, 1.807) is 26.2 Å². The maximum atomic E-state index is 12.8. The van der Waals surface area contributed by atoms with Crippen LogP contribution in [0.15, 0.2) is 40.6 Å². The maximum Gasteiger partial charge on any atom is 0.340 e. The van der Waals surface area contributed by atoms with Crippen LogP contribution in [-0.2, 0) is 14.9 Å². The minimum atomic E-state index is -0.386. The Morgan fingerprint density at radius 2 is 2.18 bits per heavy atom. The number of carbonyl (C=O) groups is 1. The van der Waals surface area contributed by atoms with E-state index in [0.717, 1.165) is 33.3 Å². The van der Waals surface area contributed by atoms with Crippen LogP contribution in [0, 0.1) is 17.2 Å². The van der Waals surface area contributed by atoms with Crippen LogP contribution in [0.1, 0.15) is 48.8 Å². The molecule has 5 nitrogen and oxygen atoms in total. The van der Waals surface area contributed by atoms with Gasteiger partial charge in [0.15, 0.2) is 0 Å². The van der Waals surface area contributed by atoms with Crippen molar-refractivity contribution in [2.45, 2.75) is 32.6 Å². The van der Waals surface area contributed by atoms with Crippen LogP contribution in [0.4, 0.5) is 0 Å². The van der Waals surface area contributed by atoms with E-state index < -0.39 is 0 Å². The van der Waals surface area contributed by atoms with Gasteiger partial charge in [0.2, 0.25) is 0 Å². The van der Waals surface area contributed by atoms with Crippen molar-refractivity contribution in [3.8, 4) is 6.07 Å². The van der Waals surface area contributed by atoms with Crippen LogP contribution < -0.4 is 0 Å². The number of hydrogen-bond donors (Lipinski definition) is 1. The zero-order valence-electron chi connectivity index (χ0n) is 16.4. The molecular weight excluding hydrogens is 420 g/mol. The molecule has 1 aromatic carbocycles. The summed E-state index contributed by atoms with van der Waals surface area (Å²) < 4.78 is 11.6. The lowest BCUT2D eigenvalue weighted by Crippen LogP contribution is -2.31. The summed E-state index contributed by atoms with van der Waals surface area (Å²) in [5, 5.41) is 9.99. The van der Waals surface area contributed by atoms with Gasteiger partial charge in [-0.3, -0.25) is 0 Å². The average molecular weight is 443 g/mol. The molecule has 1 aliphatic rings. The minimum absolute atomic E-state index is 0.137. The van der Waals surface area contributed by atoms with Gasteiger partial charge < -0.3 is 14.5 Å². The second kappa shape index (κ2) is 7.84. The zero-order chi connectivity index (χ0) is 20.5. The second-order valence-electron chi connectivity index (χ2n) is 7.32. The Labute approximate surface area is 173 Å². The molecule has 2 aromatic rings. The number of carbonyl (C=O) groups excluding carboxylic acids is 1. The Kier molecular flexibility index (Phi) is 5.66. The molecule has 1 heterocycles. The van der Waals surface area contributed by atoms with Gasteiger partial charge in [-0.1, -0.05) is 26.0 Å². The van der Waals surface area contributed by atoms with Gasteiger partial charge >= 0.3 is 5.97 Å². The summed E-state index contributed by atoms with van der Waals surface area (Å²) in [7, 11) is 1.65. The number of aromatic nitrogens is 1. The molecule has 0 saturated carbocycles. The summed E-state index contributed by atoms with van der Waals surface area (Å²) in [6.07, 6.45) is 4.96. The van der Waals surface area contributed by atoms with Crippen molar-refractivity contribution in [3.63, 3.8) is 0 Å². The van der Waals surface area contributed by atoms with Gasteiger partial charge in [-0.05, 0) is 53.4 Å². The van der Waals surface area contributed by atoms with Gasteiger partial charge in [0.25, 0.3) is 0 Å². The molecule has 1 aromatic heterocycles. The molecule has 0 radical (unpaired) electrons. The normalized spacial score (nSPS) is 16.9. The smallest absolute Gasteiger partial charge is 0.340 e. The van der Waals surface area contributed by atoms with Crippen molar-refractivity contribution < 1.29 is 14.3 Å². The summed E-state index contributed by atoms with van der Waals surface area (Å²) in [6, 6.07) is 7.45. The highest BCUT2D eigenvalue weighted by Gasteiger charge is 2.37. The molecule has 0 aliphatic heterocycles. The summed E-state index contributed by atoms with van der Waals surface area (Å²) in [5.41, 5.74) is 2.27. The number of nitrogens with one attached hydrogen (secondary N) is 1. The average Bonchev–Trinajstić information content (AvgIpc) is 3.07. The van der Waals surface area contributed by atoms with Gasteiger partial charge in [-0.25, -0.2) is 4.79 Å². The Morgan fingerprint density at radius 3 is 2.79 bits per heavy atom. The number of halogens is 1. The van der Waals surface area contributed by atoms with Crippen molar-refractivity contribution in [1.82, 2.24) is 4.98 Å². The third-order valence-electron chi connectivity index (χ3n) is 5.34. The van der Waals surface area contributed by atoms with Gasteiger partial charge in [-0.2, -0.15) is 5.26 Å². The molecule has 1 N–H and O–H groups in total. The number of ether oxygens (including phenoxy) is 2. The predicted octanol–water partition coefficient (Wildman–Crippen LogP) is 5.32. The third-order valence-corrected chi connectivity index (χ3v) is 5.99. The lowest BCUT2D eigenvalue weighted by molar-refractivity contribution is 0.0525. The topological polar surface area (TPSA) is 75.1 Å². The summed E-state index contributed by atoms with van der Waals surface area (Å²) in [4.78, 5) is 16.2. The number of hydrogen-bond acceptors (Lipinski definition) is 4. The van der Waals surface area contributed by atoms with Crippen LogP contribution >= 0.6 is 15.9 Å². The number of aromatic amines is 1. The first kappa shape index (κ1) is 20.2. The zero-order valence-corrected chi connectivity index (χ0v) is 18.0. The quantitative estimate of drug-likeness (QED) is 0.635. The first-order chi connectivity index (χ1) is 13.3. The van der Waals surface area contributed by atoms with Crippen LogP contribution in [0.5, 0.6) is 0 Å². The van der Waals surface area contributed by atoms with Crippen molar-refractivity contribution in [3.05, 3.63) is 57.4 Å². The van der Waals surface area contributed by atoms with Gasteiger partial charge in [0, 0.05) is 22.0 Å². The first-order valence-corrected chi connectivity index (χ1v) is 9.98. The number of rotatable bonds is 5. The van der Waals surface area contributed by atoms with Gasteiger partial charge in [-0.15, -0.1) is 0 Å². The fraction of sp³-hybridized carbons (Fsp3) is 0.364. The van der Waals surface area contributed by atoms with E-state index >= 15 is 0 Å². The number of nitrogens with zero attached hydrogens (tertiary/aromatic N) is 1. The Morgan fingerprint density at radius 1 is 1.43 bits per heavy atom. The Hall–Kier alpha value is -2.52. The second-order valence-corrected chi connectivity index (χ2v) is 8.17. The van der Waals surface area contributed by atoms with Crippen LogP contribution in [0.3, 0.4) is 0 Å². The SMILES string of the molecule is CCOC(=O)c1c(C(C)(C)C2C=C(Br)C(OC)=CC2)[nH]c2cc(C#N)ccc12. The molecule has 0 saturated heterocycles. The maximum absolute atomic E-state index is 12.8. The van der Waals surface area contributed by atoms with E-state index in [1.807, 2.05) is 6.07 Å². The number of esters is 1. The largest absolute Gasteiger partial charge is 0.496 e. The minimum Gasteiger partial charge on any atom is -0.496 e. The summed E-state index contributed by atoms with van der Waals surface area (Å²) >= 11 is 3.58. The van der Waals surface area contributed by atoms with E-state index in [1.165, 1.54) is 0 Å². The molecule has 28 heavy (non-hydrogen) atoms.